The SMILES string of the molecule is C=C(Cl)/C(=C\C)c1cccc(CCCC)c1. The van der Waals surface area contributed by atoms with E-state index in [1.54, 1.807) is 0 Å². The van der Waals surface area contributed by atoms with Crippen LogP contribution in [0.1, 0.15) is 37.8 Å². The minimum Gasteiger partial charge on any atom is -0.0843 e. The van der Waals surface area contributed by atoms with Crippen molar-refractivity contribution in [2.75, 3.05) is 0 Å². The Kier molecular flexibility index (Phi) is 5.34. The summed E-state index contributed by atoms with van der Waals surface area (Å²) >= 11 is 5.97. The molecule has 1 rings (SSSR count). The molecule has 0 spiro atoms. The molecule has 1 aromatic carbocycles. The Morgan fingerprint density at radius 2 is 2.19 bits per heavy atom. The summed E-state index contributed by atoms with van der Waals surface area (Å²) in [6.45, 7) is 7.99. The number of hydrogen-bond donors (Lipinski definition) is 0. The van der Waals surface area contributed by atoms with Gasteiger partial charge in [-0.15, -0.1) is 0 Å². The molecule has 1 aromatic rings. The monoisotopic (exact) mass is 234 g/mol. The van der Waals surface area contributed by atoms with Gasteiger partial charge < -0.3 is 0 Å². The largest absolute Gasteiger partial charge is 0.0843 e. The first-order valence-corrected chi connectivity index (χ1v) is 6.17. The van der Waals surface area contributed by atoms with Gasteiger partial charge in [-0.25, -0.2) is 0 Å². The Morgan fingerprint density at radius 3 is 2.75 bits per heavy atom. The normalized spacial score (nSPS) is 11.6. The lowest BCUT2D eigenvalue weighted by Gasteiger charge is -2.07. The topological polar surface area (TPSA) is 0 Å². The van der Waals surface area contributed by atoms with Gasteiger partial charge in [0.2, 0.25) is 0 Å². The van der Waals surface area contributed by atoms with Gasteiger partial charge in [-0.05, 0) is 36.5 Å². The fraction of sp³-hybridized carbons (Fsp3) is 0.333. The zero-order valence-electron chi connectivity index (χ0n) is 10.1. The minimum atomic E-state index is 0.607. The van der Waals surface area contributed by atoms with E-state index in [4.69, 9.17) is 11.6 Å². The van der Waals surface area contributed by atoms with E-state index < -0.39 is 0 Å². The maximum Gasteiger partial charge on any atom is 0.0409 e. The van der Waals surface area contributed by atoms with Gasteiger partial charge in [-0.2, -0.15) is 0 Å². The van der Waals surface area contributed by atoms with E-state index in [0.29, 0.717) is 5.03 Å². The van der Waals surface area contributed by atoms with E-state index in [1.165, 1.54) is 18.4 Å². The van der Waals surface area contributed by atoms with Crippen LogP contribution in [0.2, 0.25) is 0 Å². The van der Waals surface area contributed by atoms with Crippen molar-refractivity contribution in [3.63, 3.8) is 0 Å². The lowest BCUT2D eigenvalue weighted by molar-refractivity contribution is 0.795. The highest BCUT2D eigenvalue weighted by atomic mass is 35.5. The van der Waals surface area contributed by atoms with Gasteiger partial charge in [-0.3, -0.25) is 0 Å². The maximum atomic E-state index is 5.97. The van der Waals surface area contributed by atoms with Crippen LogP contribution in [0.5, 0.6) is 0 Å². The predicted molar refractivity (Wildman–Crippen MR) is 73.7 cm³/mol. The third kappa shape index (κ3) is 3.53. The molecular formula is C15H19Cl. The van der Waals surface area contributed by atoms with Crippen molar-refractivity contribution in [2.45, 2.75) is 33.1 Å². The molecule has 16 heavy (non-hydrogen) atoms. The Balaban J connectivity index is 2.93. The predicted octanol–water partition coefficient (Wildman–Crippen LogP) is 5.19. The molecule has 0 heterocycles. The zero-order valence-corrected chi connectivity index (χ0v) is 10.8. The molecule has 0 saturated carbocycles. The molecule has 0 saturated heterocycles. The molecule has 0 bridgehead atoms. The lowest BCUT2D eigenvalue weighted by Crippen LogP contribution is -1.89. The molecular weight excluding hydrogens is 216 g/mol. The Hall–Kier alpha value is -1.01. The number of rotatable bonds is 5. The zero-order chi connectivity index (χ0) is 12.0. The Morgan fingerprint density at radius 1 is 1.44 bits per heavy atom. The highest BCUT2D eigenvalue weighted by Crippen LogP contribution is 2.25. The average molecular weight is 235 g/mol. The first-order valence-electron chi connectivity index (χ1n) is 5.79. The lowest BCUT2D eigenvalue weighted by atomic mass is 10.0. The van der Waals surface area contributed by atoms with Gasteiger partial charge in [0.1, 0.15) is 0 Å². The van der Waals surface area contributed by atoms with Gasteiger partial charge >= 0.3 is 0 Å². The van der Waals surface area contributed by atoms with E-state index >= 15 is 0 Å². The van der Waals surface area contributed by atoms with Crippen molar-refractivity contribution in [3.8, 4) is 0 Å². The fourth-order valence-corrected chi connectivity index (χ4v) is 1.97. The second-order valence-electron chi connectivity index (χ2n) is 3.91. The molecule has 0 aliphatic carbocycles. The summed E-state index contributed by atoms with van der Waals surface area (Å²) < 4.78 is 0. The van der Waals surface area contributed by atoms with Crippen LogP contribution in [0.25, 0.3) is 5.57 Å². The molecule has 86 valence electrons. The minimum absolute atomic E-state index is 0.607. The summed E-state index contributed by atoms with van der Waals surface area (Å²) in [5.74, 6) is 0. The number of benzene rings is 1. The second-order valence-corrected chi connectivity index (χ2v) is 4.37. The van der Waals surface area contributed by atoms with Gasteiger partial charge in [0.05, 0.1) is 0 Å². The maximum absolute atomic E-state index is 5.97. The van der Waals surface area contributed by atoms with Crippen LogP contribution in [0.4, 0.5) is 0 Å². The van der Waals surface area contributed by atoms with Gasteiger partial charge in [-0.1, -0.05) is 61.9 Å². The van der Waals surface area contributed by atoms with Gasteiger partial charge in [0, 0.05) is 5.03 Å². The summed E-state index contributed by atoms with van der Waals surface area (Å²) in [6.07, 6.45) is 5.60. The van der Waals surface area contributed by atoms with Crippen LogP contribution in [0, 0.1) is 0 Å². The number of hydrogen-bond acceptors (Lipinski definition) is 0. The molecule has 0 N–H and O–H groups in total. The third-order valence-electron chi connectivity index (χ3n) is 2.64. The number of allylic oxidation sites excluding steroid dienone is 3. The quantitative estimate of drug-likeness (QED) is 0.616. The fourth-order valence-electron chi connectivity index (χ4n) is 1.76. The number of unbranched alkanes of at least 4 members (excludes halogenated alkanes) is 1. The highest BCUT2D eigenvalue weighted by molar-refractivity contribution is 6.36. The molecule has 0 aromatic heterocycles. The molecule has 0 aliphatic rings. The van der Waals surface area contributed by atoms with Crippen molar-refractivity contribution in [2.24, 2.45) is 0 Å². The summed E-state index contributed by atoms with van der Waals surface area (Å²) in [5, 5.41) is 0.607. The molecule has 0 fully saturated rings. The van der Waals surface area contributed by atoms with E-state index in [0.717, 1.165) is 17.6 Å². The smallest absolute Gasteiger partial charge is 0.0409 e. The van der Waals surface area contributed by atoms with Crippen LogP contribution in [-0.2, 0) is 6.42 Å². The molecule has 0 unspecified atom stereocenters. The summed E-state index contributed by atoms with van der Waals surface area (Å²) in [6, 6.07) is 8.55. The molecule has 0 atom stereocenters. The van der Waals surface area contributed by atoms with Gasteiger partial charge in [0.25, 0.3) is 0 Å². The van der Waals surface area contributed by atoms with Crippen LogP contribution in [0.15, 0.2) is 42.0 Å². The number of aryl methyl sites for hydroxylation is 1. The van der Waals surface area contributed by atoms with Crippen LogP contribution < -0.4 is 0 Å². The molecule has 0 radical (unpaired) electrons. The third-order valence-corrected chi connectivity index (χ3v) is 2.84. The van der Waals surface area contributed by atoms with Crippen molar-refractivity contribution >= 4 is 17.2 Å². The summed E-state index contributed by atoms with van der Waals surface area (Å²) in [4.78, 5) is 0. The van der Waals surface area contributed by atoms with Crippen molar-refractivity contribution < 1.29 is 0 Å². The van der Waals surface area contributed by atoms with Crippen molar-refractivity contribution in [1.82, 2.24) is 0 Å². The first kappa shape index (κ1) is 13.1. The van der Waals surface area contributed by atoms with Crippen LogP contribution in [-0.4, -0.2) is 0 Å². The average Bonchev–Trinajstić information content (AvgIpc) is 2.27. The molecule has 0 nitrogen and oxygen atoms in total. The number of halogens is 1. The van der Waals surface area contributed by atoms with E-state index in [1.807, 2.05) is 13.0 Å². The van der Waals surface area contributed by atoms with Crippen LogP contribution >= 0.6 is 11.6 Å². The van der Waals surface area contributed by atoms with E-state index in [2.05, 4.69) is 37.8 Å². The second kappa shape index (κ2) is 6.55. The Bertz CT molecular complexity index is 388. The summed E-state index contributed by atoms with van der Waals surface area (Å²) in [5.41, 5.74) is 3.56. The molecule has 0 amide bonds. The van der Waals surface area contributed by atoms with Gasteiger partial charge in [0.15, 0.2) is 0 Å². The van der Waals surface area contributed by atoms with E-state index in [-0.39, 0.29) is 0 Å². The molecule has 0 aliphatic heterocycles. The van der Waals surface area contributed by atoms with E-state index in [9.17, 15) is 0 Å². The van der Waals surface area contributed by atoms with Crippen molar-refractivity contribution in [1.29, 1.82) is 0 Å². The highest BCUT2D eigenvalue weighted by Gasteiger charge is 2.03. The summed E-state index contributed by atoms with van der Waals surface area (Å²) in [7, 11) is 0. The van der Waals surface area contributed by atoms with Crippen LogP contribution in [0.3, 0.4) is 0 Å². The van der Waals surface area contributed by atoms with Crippen molar-refractivity contribution in [3.05, 3.63) is 53.1 Å². The molecule has 1 heteroatoms. The standard InChI is InChI=1S/C15H19Cl/c1-4-6-8-13-9-7-10-14(11-13)15(5-2)12(3)16/h5,7,9-11H,3-4,6,8H2,1-2H3/b15-5+. The Labute approximate surface area is 104 Å². The first-order chi connectivity index (χ1) is 7.69.